The predicted octanol–water partition coefficient (Wildman–Crippen LogP) is 2.53. The number of hydrogen-bond acceptors (Lipinski definition) is 6. The number of hydrogen-bond donors (Lipinski definition) is 1. The van der Waals surface area contributed by atoms with E-state index >= 15 is 0 Å². The van der Waals surface area contributed by atoms with Crippen molar-refractivity contribution in [3.05, 3.63) is 5.56 Å². The third-order valence-corrected chi connectivity index (χ3v) is 3.80. The summed E-state index contributed by atoms with van der Waals surface area (Å²) in [4.78, 5) is 14.1. The lowest BCUT2D eigenvalue weighted by Crippen LogP contribution is -2.32. The normalized spacial score (nSPS) is 12.2. The van der Waals surface area contributed by atoms with Gasteiger partial charge in [-0.1, -0.05) is 6.92 Å². The summed E-state index contributed by atoms with van der Waals surface area (Å²) < 4.78 is 9.12. The Morgan fingerprint density at radius 1 is 1.50 bits per heavy atom. The fourth-order valence-corrected chi connectivity index (χ4v) is 2.73. The molecule has 0 aliphatic rings. The molecule has 6 heteroatoms. The van der Waals surface area contributed by atoms with Crippen LogP contribution in [0.5, 0.6) is 0 Å². The van der Waals surface area contributed by atoms with E-state index in [1.54, 1.807) is 6.92 Å². The highest BCUT2D eigenvalue weighted by Gasteiger charge is 2.25. The van der Waals surface area contributed by atoms with Gasteiger partial charge in [0.15, 0.2) is 5.82 Å². The van der Waals surface area contributed by atoms with Crippen LogP contribution in [0, 0.1) is 0 Å². The highest BCUT2D eigenvalue weighted by Crippen LogP contribution is 2.32. The number of nitrogens with two attached hydrogens (primary N) is 1. The Morgan fingerprint density at radius 3 is 2.67 bits per heavy atom. The van der Waals surface area contributed by atoms with Crippen LogP contribution in [0.25, 0.3) is 0 Å². The van der Waals surface area contributed by atoms with Crippen molar-refractivity contribution in [2.24, 2.45) is 0 Å². The van der Waals surface area contributed by atoms with Crippen LogP contribution in [0.4, 0.5) is 10.8 Å². The van der Waals surface area contributed by atoms with E-state index in [9.17, 15) is 4.79 Å². The third kappa shape index (κ3) is 2.93. The zero-order valence-corrected chi connectivity index (χ0v) is 12.2. The Balaban J connectivity index is 3.12. The van der Waals surface area contributed by atoms with Crippen LogP contribution in [-0.4, -0.2) is 29.5 Å². The molecule has 1 rings (SSSR count). The van der Waals surface area contributed by atoms with Crippen molar-refractivity contribution in [1.29, 1.82) is 0 Å². The van der Waals surface area contributed by atoms with Gasteiger partial charge in [-0.15, -0.1) is 0 Å². The SMILES string of the molecule is CCOC(=O)c1c(N)nsc1N(CC)C(C)CC. The van der Waals surface area contributed by atoms with Crippen molar-refractivity contribution in [3.63, 3.8) is 0 Å². The Hall–Kier alpha value is -1.30. The van der Waals surface area contributed by atoms with Crippen LogP contribution in [0.3, 0.4) is 0 Å². The maximum atomic E-state index is 11.9. The summed E-state index contributed by atoms with van der Waals surface area (Å²) in [5.74, 6) is -0.129. The molecular formula is C12H21N3O2S. The van der Waals surface area contributed by atoms with Crippen molar-refractivity contribution >= 4 is 28.3 Å². The van der Waals surface area contributed by atoms with E-state index in [1.165, 1.54) is 11.5 Å². The first-order chi connectivity index (χ1) is 8.56. The van der Waals surface area contributed by atoms with E-state index in [2.05, 4.69) is 30.0 Å². The summed E-state index contributed by atoms with van der Waals surface area (Å²) in [7, 11) is 0. The van der Waals surface area contributed by atoms with Gasteiger partial charge in [0.05, 0.1) is 6.61 Å². The molecular weight excluding hydrogens is 250 g/mol. The first-order valence-corrected chi connectivity index (χ1v) is 7.02. The first-order valence-electron chi connectivity index (χ1n) is 6.25. The third-order valence-electron chi connectivity index (χ3n) is 2.90. The molecule has 0 saturated carbocycles. The number of aromatic nitrogens is 1. The van der Waals surface area contributed by atoms with Crippen LogP contribution in [-0.2, 0) is 4.74 Å². The maximum absolute atomic E-state index is 11.9. The smallest absolute Gasteiger partial charge is 0.345 e. The van der Waals surface area contributed by atoms with Crippen molar-refractivity contribution in [2.75, 3.05) is 23.8 Å². The number of nitrogen functional groups attached to an aromatic ring is 1. The summed E-state index contributed by atoms with van der Waals surface area (Å²) in [6, 6.07) is 0.336. The summed E-state index contributed by atoms with van der Waals surface area (Å²) in [5.41, 5.74) is 6.18. The van der Waals surface area contributed by atoms with Gasteiger partial charge in [0.25, 0.3) is 0 Å². The summed E-state index contributed by atoms with van der Waals surface area (Å²) in [5, 5.41) is 0.808. The zero-order valence-electron chi connectivity index (χ0n) is 11.4. The van der Waals surface area contributed by atoms with Gasteiger partial charge >= 0.3 is 5.97 Å². The molecule has 2 N–H and O–H groups in total. The fourth-order valence-electron chi connectivity index (χ4n) is 1.76. The van der Waals surface area contributed by atoms with E-state index in [-0.39, 0.29) is 11.8 Å². The van der Waals surface area contributed by atoms with Crippen LogP contribution in [0.1, 0.15) is 44.5 Å². The van der Waals surface area contributed by atoms with Crippen LogP contribution >= 0.6 is 11.5 Å². The lowest BCUT2D eigenvalue weighted by molar-refractivity contribution is 0.0528. The molecule has 1 aromatic rings. The van der Waals surface area contributed by atoms with Crippen LogP contribution < -0.4 is 10.6 Å². The minimum Gasteiger partial charge on any atom is -0.462 e. The highest BCUT2D eigenvalue weighted by molar-refractivity contribution is 7.11. The fraction of sp³-hybridized carbons (Fsp3) is 0.667. The quantitative estimate of drug-likeness (QED) is 0.805. The number of nitrogens with zero attached hydrogens (tertiary/aromatic N) is 2. The minimum atomic E-state index is -0.388. The largest absolute Gasteiger partial charge is 0.462 e. The molecule has 0 spiro atoms. The second-order valence-corrected chi connectivity index (χ2v) is 4.76. The van der Waals surface area contributed by atoms with E-state index in [0.29, 0.717) is 18.2 Å². The molecule has 0 radical (unpaired) electrons. The predicted molar refractivity (Wildman–Crippen MR) is 75.3 cm³/mol. The summed E-state index contributed by atoms with van der Waals surface area (Å²) >= 11 is 1.26. The molecule has 0 aromatic carbocycles. The highest BCUT2D eigenvalue weighted by atomic mass is 32.1. The molecule has 1 atom stereocenters. The van der Waals surface area contributed by atoms with E-state index in [1.807, 2.05) is 0 Å². The van der Waals surface area contributed by atoms with Gasteiger partial charge in [-0.05, 0) is 38.7 Å². The van der Waals surface area contributed by atoms with Gasteiger partial charge < -0.3 is 15.4 Å². The number of carbonyl (C=O) groups excluding carboxylic acids is 1. The second kappa shape index (κ2) is 6.58. The average molecular weight is 271 g/mol. The molecule has 1 aromatic heterocycles. The molecule has 0 saturated heterocycles. The Morgan fingerprint density at radius 2 is 2.17 bits per heavy atom. The molecule has 1 unspecified atom stereocenters. The number of carbonyl (C=O) groups is 1. The first kappa shape index (κ1) is 14.8. The topological polar surface area (TPSA) is 68.5 Å². The van der Waals surface area contributed by atoms with E-state index in [0.717, 1.165) is 18.0 Å². The van der Waals surface area contributed by atoms with Crippen LogP contribution in [0.2, 0.25) is 0 Å². The van der Waals surface area contributed by atoms with Gasteiger partial charge in [-0.2, -0.15) is 4.37 Å². The van der Waals surface area contributed by atoms with Gasteiger partial charge in [0.1, 0.15) is 10.6 Å². The molecule has 0 aliphatic carbocycles. The molecule has 102 valence electrons. The van der Waals surface area contributed by atoms with E-state index in [4.69, 9.17) is 10.5 Å². The van der Waals surface area contributed by atoms with Gasteiger partial charge in [-0.25, -0.2) is 4.79 Å². The minimum absolute atomic E-state index is 0.259. The molecule has 1 heterocycles. The molecule has 5 nitrogen and oxygen atoms in total. The number of ether oxygens (including phenoxy) is 1. The lowest BCUT2D eigenvalue weighted by Gasteiger charge is -2.28. The lowest BCUT2D eigenvalue weighted by atomic mass is 10.2. The van der Waals surface area contributed by atoms with Crippen molar-refractivity contribution in [1.82, 2.24) is 4.37 Å². The number of esters is 1. The Kier molecular flexibility index (Phi) is 5.40. The standard InChI is InChI=1S/C12H21N3O2S/c1-5-8(4)15(6-2)11-9(10(13)14-18-11)12(16)17-7-3/h8H,5-7H2,1-4H3,(H2,13,14). The number of rotatable bonds is 6. The molecule has 0 bridgehead atoms. The van der Waals surface area contributed by atoms with Gasteiger partial charge in [0, 0.05) is 12.6 Å². The van der Waals surface area contributed by atoms with Gasteiger partial charge in [-0.3, -0.25) is 0 Å². The monoisotopic (exact) mass is 271 g/mol. The summed E-state index contributed by atoms with van der Waals surface area (Å²) in [6.45, 7) is 9.21. The Labute approximate surface area is 112 Å². The van der Waals surface area contributed by atoms with E-state index < -0.39 is 0 Å². The second-order valence-electron chi connectivity index (χ2n) is 4.01. The molecule has 18 heavy (non-hydrogen) atoms. The van der Waals surface area contributed by atoms with Crippen LogP contribution in [0.15, 0.2) is 0 Å². The Bertz CT molecular complexity index is 406. The maximum Gasteiger partial charge on any atom is 0.345 e. The molecule has 0 fully saturated rings. The zero-order chi connectivity index (χ0) is 13.7. The molecule has 0 aliphatic heterocycles. The average Bonchev–Trinajstić information content (AvgIpc) is 2.72. The van der Waals surface area contributed by atoms with Crippen molar-refractivity contribution in [2.45, 2.75) is 40.2 Å². The molecule has 0 amide bonds. The number of anilines is 2. The van der Waals surface area contributed by atoms with Crippen molar-refractivity contribution in [3.8, 4) is 0 Å². The summed E-state index contributed by atoms with van der Waals surface area (Å²) in [6.07, 6.45) is 0.994. The van der Waals surface area contributed by atoms with Gasteiger partial charge in [0.2, 0.25) is 0 Å². The van der Waals surface area contributed by atoms with Crippen molar-refractivity contribution < 1.29 is 9.53 Å².